The van der Waals surface area contributed by atoms with Crippen molar-refractivity contribution in [1.29, 1.82) is 0 Å². The summed E-state index contributed by atoms with van der Waals surface area (Å²) < 4.78 is 5.52. The monoisotopic (exact) mass is 458 g/mol. The topological polar surface area (TPSA) is 84.0 Å². The molecule has 0 unspecified atom stereocenters. The Labute approximate surface area is 198 Å². The quantitative estimate of drug-likeness (QED) is 0.302. The molecule has 2 aromatic rings. The van der Waals surface area contributed by atoms with Gasteiger partial charge in [0, 0.05) is 18.7 Å². The van der Waals surface area contributed by atoms with Crippen molar-refractivity contribution in [2.45, 2.75) is 26.7 Å². The minimum absolute atomic E-state index is 0.0221. The average Bonchev–Trinajstić information content (AvgIpc) is 3.33. The number of benzene rings is 2. The zero-order valence-electron chi connectivity index (χ0n) is 19.1. The normalized spacial score (nSPS) is 26.2. The Morgan fingerprint density at radius 1 is 1.00 bits per heavy atom. The summed E-state index contributed by atoms with van der Waals surface area (Å²) in [7, 11) is 0. The highest BCUT2D eigenvalue weighted by Gasteiger charge is 2.50. The van der Waals surface area contributed by atoms with Gasteiger partial charge in [-0.3, -0.25) is 24.1 Å². The molecule has 0 radical (unpaired) electrons. The van der Waals surface area contributed by atoms with Gasteiger partial charge in [0.2, 0.25) is 17.7 Å². The Morgan fingerprint density at radius 2 is 1.76 bits per heavy atom. The summed E-state index contributed by atoms with van der Waals surface area (Å²) in [6, 6.07) is 14.0. The molecule has 7 heteroatoms. The Hall–Kier alpha value is -3.74. The lowest BCUT2D eigenvalue weighted by Crippen LogP contribution is -2.31. The number of carbonyl (C=O) groups excluding carboxylic acids is 4. The minimum atomic E-state index is -0.563. The smallest absolute Gasteiger partial charge is 0.316 e. The number of imide groups is 1. The van der Waals surface area contributed by atoms with E-state index in [0.717, 1.165) is 11.3 Å². The Balaban J connectivity index is 1.25. The van der Waals surface area contributed by atoms with Gasteiger partial charge in [-0.05, 0) is 61.2 Å². The molecule has 4 atom stereocenters. The van der Waals surface area contributed by atoms with Crippen LogP contribution in [0.4, 0.5) is 11.4 Å². The number of rotatable bonds is 4. The third kappa shape index (κ3) is 3.81. The van der Waals surface area contributed by atoms with Gasteiger partial charge in [-0.25, -0.2) is 0 Å². The summed E-state index contributed by atoms with van der Waals surface area (Å²) in [6.45, 7) is 4.18. The summed E-state index contributed by atoms with van der Waals surface area (Å²) in [4.78, 5) is 53.9. The highest BCUT2D eigenvalue weighted by atomic mass is 16.5. The molecule has 2 fully saturated rings. The van der Waals surface area contributed by atoms with Crippen LogP contribution in [0.1, 0.15) is 25.3 Å². The zero-order chi connectivity index (χ0) is 24.0. The van der Waals surface area contributed by atoms with Crippen LogP contribution in [0.2, 0.25) is 0 Å². The summed E-state index contributed by atoms with van der Waals surface area (Å²) in [5, 5.41) is 0. The van der Waals surface area contributed by atoms with Crippen molar-refractivity contribution in [2.75, 3.05) is 16.3 Å². The van der Waals surface area contributed by atoms with E-state index in [4.69, 9.17) is 4.74 Å². The third-order valence-electron chi connectivity index (χ3n) is 6.96. The van der Waals surface area contributed by atoms with Gasteiger partial charge >= 0.3 is 5.97 Å². The Morgan fingerprint density at radius 3 is 2.47 bits per heavy atom. The van der Waals surface area contributed by atoms with Gasteiger partial charge in [0.05, 0.1) is 23.4 Å². The molecule has 0 bridgehead atoms. The number of aryl methyl sites for hydroxylation is 1. The van der Waals surface area contributed by atoms with Gasteiger partial charge in [0.15, 0.2) is 0 Å². The lowest BCUT2D eigenvalue weighted by Gasteiger charge is -2.22. The van der Waals surface area contributed by atoms with E-state index in [9.17, 15) is 19.2 Å². The summed E-state index contributed by atoms with van der Waals surface area (Å²) in [5.41, 5.74) is 2.28. The number of carbonyl (C=O) groups is 4. The maximum atomic E-state index is 12.9. The maximum absolute atomic E-state index is 12.9. The number of fused-ring (bicyclic) bond motifs is 1. The van der Waals surface area contributed by atoms with Crippen LogP contribution >= 0.6 is 0 Å². The first-order valence-corrected chi connectivity index (χ1v) is 11.6. The number of nitrogens with zero attached hydrogens (tertiary/aromatic N) is 2. The van der Waals surface area contributed by atoms with Crippen LogP contribution in [0, 0.1) is 30.6 Å². The molecule has 0 spiro atoms. The molecule has 3 amide bonds. The first kappa shape index (κ1) is 22.1. The first-order chi connectivity index (χ1) is 16.3. The fourth-order valence-electron chi connectivity index (χ4n) is 5.18. The van der Waals surface area contributed by atoms with Crippen LogP contribution < -0.4 is 14.5 Å². The van der Waals surface area contributed by atoms with Gasteiger partial charge in [-0.2, -0.15) is 0 Å². The standard InChI is InChI=1S/C27H26N2O5/c1-16-5-3-7-20(13-16)28-15-18(14-23(28)30)27(33)34-21-11-9-19(10-12-21)29-25(31)22-8-4-6-17(2)24(22)26(29)32/h3-7,9-13,17-18,22,24H,8,14-15H2,1-2H3/t17-,18+,22+,24-/m0/s1. The molecule has 2 saturated heterocycles. The van der Waals surface area contributed by atoms with E-state index in [1.54, 1.807) is 29.2 Å². The van der Waals surface area contributed by atoms with Crippen molar-refractivity contribution in [2.24, 2.45) is 23.7 Å². The van der Waals surface area contributed by atoms with Crippen molar-refractivity contribution >= 4 is 35.1 Å². The maximum Gasteiger partial charge on any atom is 0.316 e. The third-order valence-corrected chi connectivity index (χ3v) is 6.96. The molecular formula is C27H26N2O5. The van der Waals surface area contributed by atoms with Gasteiger partial charge in [0.25, 0.3) is 0 Å². The predicted octanol–water partition coefficient (Wildman–Crippen LogP) is 3.66. The minimum Gasteiger partial charge on any atom is -0.426 e. The second-order valence-electron chi connectivity index (χ2n) is 9.33. The lowest BCUT2D eigenvalue weighted by molar-refractivity contribution is -0.139. The van der Waals surface area contributed by atoms with Crippen LogP contribution in [-0.4, -0.2) is 30.2 Å². The van der Waals surface area contributed by atoms with E-state index in [-0.39, 0.29) is 48.4 Å². The van der Waals surface area contributed by atoms with Crippen molar-refractivity contribution in [3.8, 4) is 5.75 Å². The molecular weight excluding hydrogens is 432 g/mol. The number of esters is 1. The molecule has 2 aliphatic heterocycles. The van der Waals surface area contributed by atoms with Crippen LogP contribution in [0.25, 0.3) is 0 Å². The van der Waals surface area contributed by atoms with E-state index >= 15 is 0 Å². The van der Waals surface area contributed by atoms with Crippen LogP contribution in [0.15, 0.2) is 60.7 Å². The molecule has 174 valence electrons. The number of hydrogen-bond acceptors (Lipinski definition) is 5. The molecule has 3 aliphatic rings. The number of hydrogen-bond donors (Lipinski definition) is 0. The highest BCUT2D eigenvalue weighted by Crippen LogP contribution is 2.40. The van der Waals surface area contributed by atoms with Gasteiger partial charge in [-0.15, -0.1) is 0 Å². The summed E-state index contributed by atoms with van der Waals surface area (Å²) >= 11 is 0. The molecule has 1 aliphatic carbocycles. The average molecular weight is 459 g/mol. The Kier molecular flexibility index (Phi) is 5.55. The molecule has 0 saturated carbocycles. The fourth-order valence-corrected chi connectivity index (χ4v) is 5.18. The summed E-state index contributed by atoms with van der Waals surface area (Å²) in [6.07, 6.45) is 4.63. The van der Waals surface area contributed by atoms with Gasteiger partial charge in [-0.1, -0.05) is 31.2 Å². The van der Waals surface area contributed by atoms with Gasteiger partial charge in [0.1, 0.15) is 5.75 Å². The zero-order valence-corrected chi connectivity index (χ0v) is 19.1. The van der Waals surface area contributed by atoms with E-state index in [1.165, 1.54) is 4.90 Å². The molecule has 5 rings (SSSR count). The lowest BCUT2D eigenvalue weighted by atomic mass is 9.78. The number of allylic oxidation sites excluding steroid dienone is 2. The van der Waals surface area contributed by atoms with Crippen molar-refractivity contribution in [3.05, 3.63) is 66.2 Å². The molecule has 0 N–H and O–H groups in total. The van der Waals surface area contributed by atoms with Crippen molar-refractivity contribution in [1.82, 2.24) is 0 Å². The van der Waals surface area contributed by atoms with Gasteiger partial charge < -0.3 is 9.64 Å². The molecule has 2 aromatic carbocycles. The molecule has 2 heterocycles. The van der Waals surface area contributed by atoms with E-state index in [0.29, 0.717) is 17.9 Å². The second-order valence-corrected chi connectivity index (χ2v) is 9.33. The number of ether oxygens (including phenoxy) is 1. The highest BCUT2D eigenvalue weighted by molar-refractivity contribution is 6.22. The van der Waals surface area contributed by atoms with E-state index < -0.39 is 11.9 Å². The molecule has 34 heavy (non-hydrogen) atoms. The fraction of sp³-hybridized carbons (Fsp3) is 0.333. The van der Waals surface area contributed by atoms with Crippen LogP contribution in [0.5, 0.6) is 5.75 Å². The Bertz CT molecular complexity index is 1200. The largest absolute Gasteiger partial charge is 0.426 e. The number of anilines is 2. The predicted molar refractivity (Wildman–Crippen MR) is 126 cm³/mol. The van der Waals surface area contributed by atoms with E-state index in [2.05, 4.69) is 0 Å². The molecule has 0 aromatic heterocycles. The summed E-state index contributed by atoms with van der Waals surface area (Å²) in [5.74, 6) is -1.83. The van der Waals surface area contributed by atoms with E-state index in [1.807, 2.05) is 50.3 Å². The molecule has 7 nitrogen and oxygen atoms in total. The van der Waals surface area contributed by atoms with Crippen LogP contribution in [0.3, 0.4) is 0 Å². The SMILES string of the molecule is Cc1cccc(N2C[C@H](C(=O)Oc3ccc(N4C(=O)[C@H]5[C@@H](C)C=CC[C@H]5C4=O)cc3)CC2=O)c1. The van der Waals surface area contributed by atoms with Crippen LogP contribution in [-0.2, 0) is 19.2 Å². The number of amides is 3. The van der Waals surface area contributed by atoms with Crippen molar-refractivity contribution < 1.29 is 23.9 Å². The second kappa shape index (κ2) is 8.56. The van der Waals surface area contributed by atoms with Crippen molar-refractivity contribution in [3.63, 3.8) is 0 Å². The first-order valence-electron chi connectivity index (χ1n) is 11.6.